The van der Waals surface area contributed by atoms with E-state index in [1.54, 1.807) is 18.3 Å². The van der Waals surface area contributed by atoms with E-state index in [-0.39, 0.29) is 0 Å². The standard InChI is InChI=1S/C26H18Cl2N2O2/c1-2-16-3-11-25-23(13-16)30-26(32-25)17-4-7-19(8-5-17)29-15-20-9-12-24(31-20)21-10-6-18(27)14-22(21)28/h3-15H,2H2,1H3. The molecule has 6 heteroatoms. The first-order chi connectivity index (χ1) is 15.6. The number of hydrogen-bond donors (Lipinski definition) is 0. The Kier molecular flexibility index (Phi) is 5.56. The average molecular weight is 461 g/mol. The van der Waals surface area contributed by atoms with Crippen LogP contribution in [0.15, 0.2) is 86.6 Å². The van der Waals surface area contributed by atoms with Crippen molar-refractivity contribution in [2.24, 2.45) is 4.99 Å². The van der Waals surface area contributed by atoms with E-state index in [4.69, 9.17) is 32.0 Å². The third-order valence-corrected chi connectivity index (χ3v) is 5.69. The van der Waals surface area contributed by atoms with Gasteiger partial charge in [0, 0.05) is 16.1 Å². The minimum Gasteiger partial charge on any atom is -0.455 e. The predicted octanol–water partition coefficient (Wildman–Crippen LogP) is 8.37. The van der Waals surface area contributed by atoms with E-state index in [9.17, 15) is 0 Å². The minimum atomic E-state index is 0.538. The maximum Gasteiger partial charge on any atom is 0.227 e. The maximum atomic E-state index is 6.26. The molecule has 0 aliphatic carbocycles. The molecule has 3 aromatic carbocycles. The highest BCUT2D eigenvalue weighted by Crippen LogP contribution is 2.31. The summed E-state index contributed by atoms with van der Waals surface area (Å²) in [5.41, 5.74) is 5.37. The van der Waals surface area contributed by atoms with E-state index in [1.807, 2.05) is 48.5 Å². The molecule has 0 N–H and O–H groups in total. The number of halogens is 2. The molecular weight excluding hydrogens is 443 g/mol. The molecule has 0 radical (unpaired) electrons. The van der Waals surface area contributed by atoms with Gasteiger partial charge in [-0.15, -0.1) is 0 Å². The first-order valence-electron chi connectivity index (χ1n) is 10.2. The van der Waals surface area contributed by atoms with Crippen LogP contribution in [-0.4, -0.2) is 11.2 Å². The van der Waals surface area contributed by atoms with Crippen molar-refractivity contribution >= 4 is 46.2 Å². The van der Waals surface area contributed by atoms with Crippen LogP contribution < -0.4 is 0 Å². The summed E-state index contributed by atoms with van der Waals surface area (Å²) in [6, 6.07) is 22.8. The summed E-state index contributed by atoms with van der Waals surface area (Å²) < 4.78 is 11.8. The number of fused-ring (bicyclic) bond motifs is 1. The summed E-state index contributed by atoms with van der Waals surface area (Å²) in [6.07, 6.45) is 2.64. The van der Waals surface area contributed by atoms with Gasteiger partial charge in [-0.1, -0.05) is 36.2 Å². The van der Waals surface area contributed by atoms with E-state index >= 15 is 0 Å². The molecule has 4 nitrogen and oxygen atoms in total. The van der Waals surface area contributed by atoms with Crippen LogP contribution in [0.1, 0.15) is 18.2 Å². The highest BCUT2D eigenvalue weighted by molar-refractivity contribution is 6.36. The topological polar surface area (TPSA) is 51.5 Å². The van der Waals surface area contributed by atoms with Crippen molar-refractivity contribution in [1.82, 2.24) is 4.98 Å². The Hall–Kier alpha value is -3.34. The van der Waals surface area contributed by atoms with Crippen molar-refractivity contribution in [3.8, 4) is 22.8 Å². The van der Waals surface area contributed by atoms with Gasteiger partial charge in [0.15, 0.2) is 5.58 Å². The molecule has 0 amide bonds. The molecule has 5 rings (SSSR count). The quantitative estimate of drug-likeness (QED) is 0.247. The van der Waals surface area contributed by atoms with E-state index in [2.05, 4.69) is 29.0 Å². The number of aryl methyl sites for hydroxylation is 1. The lowest BCUT2D eigenvalue weighted by atomic mass is 10.1. The summed E-state index contributed by atoms with van der Waals surface area (Å²) in [5, 5.41) is 1.12. The molecule has 32 heavy (non-hydrogen) atoms. The molecule has 0 unspecified atom stereocenters. The van der Waals surface area contributed by atoms with Crippen molar-refractivity contribution in [3.05, 3.63) is 94.2 Å². The SMILES string of the molecule is CCc1ccc2oc(-c3ccc(N=Cc4ccc(-c5ccc(Cl)cc5Cl)o4)cc3)nc2c1. The second-order valence-electron chi connectivity index (χ2n) is 7.31. The average Bonchev–Trinajstić information content (AvgIpc) is 3.44. The van der Waals surface area contributed by atoms with Crippen LogP contribution in [0.5, 0.6) is 0 Å². The largest absolute Gasteiger partial charge is 0.455 e. The van der Waals surface area contributed by atoms with Crippen molar-refractivity contribution in [3.63, 3.8) is 0 Å². The Morgan fingerprint density at radius 3 is 2.53 bits per heavy atom. The lowest BCUT2D eigenvalue weighted by Gasteiger charge is -2.00. The number of rotatable bonds is 5. The zero-order chi connectivity index (χ0) is 22.1. The van der Waals surface area contributed by atoms with Crippen molar-refractivity contribution in [2.75, 3.05) is 0 Å². The molecule has 2 heterocycles. The molecule has 0 saturated heterocycles. The Labute approximate surface area is 195 Å². The fraction of sp³-hybridized carbons (Fsp3) is 0.0769. The Morgan fingerprint density at radius 2 is 1.75 bits per heavy atom. The first-order valence-corrected chi connectivity index (χ1v) is 10.9. The normalized spacial score (nSPS) is 11.6. The van der Waals surface area contributed by atoms with Gasteiger partial charge in [-0.2, -0.15) is 0 Å². The summed E-state index contributed by atoms with van der Waals surface area (Å²) in [7, 11) is 0. The molecule has 2 aromatic heterocycles. The molecule has 158 valence electrons. The van der Waals surface area contributed by atoms with E-state index in [1.165, 1.54) is 5.56 Å². The molecule has 0 aliphatic rings. The van der Waals surface area contributed by atoms with Crippen LogP contribution in [0.3, 0.4) is 0 Å². The summed E-state index contributed by atoms with van der Waals surface area (Å²) in [4.78, 5) is 9.12. The van der Waals surface area contributed by atoms with Gasteiger partial charge in [-0.3, -0.25) is 4.99 Å². The van der Waals surface area contributed by atoms with E-state index < -0.39 is 0 Å². The molecule has 0 spiro atoms. The number of hydrogen-bond acceptors (Lipinski definition) is 4. The second kappa shape index (κ2) is 8.65. The molecule has 0 saturated carbocycles. The molecule has 0 bridgehead atoms. The first kappa shape index (κ1) is 20.6. The third kappa shape index (κ3) is 4.20. The lowest BCUT2D eigenvalue weighted by Crippen LogP contribution is -1.79. The van der Waals surface area contributed by atoms with Gasteiger partial charge in [0.05, 0.1) is 16.9 Å². The number of nitrogens with zero attached hydrogens (tertiary/aromatic N) is 2. The summed E-state index contributed by atoms with van der Waals surface area (Å²) >= 11 is 12.2. The van der Waals surface area contributed by atoms with Crippen LogP contribution in [0, 0.1) is 0 Å². The minimum absolute atomic E-state index is 0.538. The van der Waals surface area contributed by atoms with Gasteiger partial charge in [0.25, 0.3) is 0 Å². The van der Waals surface area contributed by atoms with Crippen molar-refractivity contribution in [2.45, 2.75) is 13.3 Å². The van der Waals surface area contributed by atoms with Crippen LogP contribution in [-0.2, 0) is 6.42 Å². The molecular formula is C26H18Cl2N2O2. The van der Waals surface area contributed by atoms with Crippen LogP contribution >= 0.6 is 23.2 Å². The highest BCUT2D eigenvalue weighted by atomic mass is 35.5. The zero-order valence-electron chi connectivity index (χ0n) is 17.2. The fourth-order valence-electron chi connectivity index (χ4n) is 3.40. The van der Waals surface area contributed by atoms with Crippen LogP contribution in [0.25, 0.3) is 33.9 Å². The van der Waals surface area contributed by atoms with Gasteiger partial charge in [0.1, 0.15) is 17.0 Å². The number of aromatic nitrogens is 1. The summed E-state index contributed by atoms with van der Waals surface area (Å²) in [5.74, 6) is 1.88. The lowest BCUT2D eigenvalue weighted by molar-refractivity contribution is 0.575. The number of furan rings is 1. The fourth-order valence-corrected chi connectivity index (χ4v) is 3.90. The summed E-state index contributed by atoms with van der Waals surface area (Å²) in [6.45, 7) is 2.12. The Bertz CT molecular complexity index is 1430. The van der Waals surface area contributed by atoms with Gasteiger partial charge >= 0.3 is 0 Å². The maximum absolute atomic E-state index is 6.26. The molecule has 5 aromatic rings. The Morgan fingerprint density at radius 1 is 0.906 bits per heavy atom. The number of oxazole rings is 1. The smallest absolute Gasteiger partial charge is 0.227 e. The number of aliphatic imine (C=N–C) groups is 1. The van der Waals surface area contributed by atoms with Crippen LogP contribution in [0.4, 0.5) is 5.69 Å². The predicted molar refractivity (Wildman–Crippen MR) is 130 cm³/mol. The number of benzene rings is 3. The second-order valence-corrected chi connectivity index (χ2v) is 8.15. The molecule has 0 atom stereocenters. The molecule has 0 aliphatic heterocycles. The molecule has 0 fully saturated rings. The van der Waals surface area contributed by atoms with Crippen molar-refractivity contribution < 1.29 is 8.83 Å². The van der Waals surface area contributed by atoms with Crippen molar-refractivity contribution in [1.29, 1.82) is 0 Å². The van der Waals surface area contributed by atoms with Gasteiger partial charge in [0.2, 0.25) is 5.89 Å². The highest BCUT2D eigenvalue weighted by Gasteiger charge is 2.10. The van der Waals surface area contributed by atoms with Gasteiger partial charge < -0.3 is 8.83 Å². The monoisotopic (exact) mass is 460 g/mol. The Balaban J connectivity index is 1.33. The van der Waals surface area contributed by atoms with E-state index in [0.717, 1.165) is 34.3 Å². The van der Waals surface area contributed by atoms with Crippen LogP contribution in [0.2, 0.25) is 10.0 Å². The van der Waals surface area contributed by atoms with E-state index in [0.29, 0.717) is 27.5 Å². The zero-order valence-corrected chi connectivity index (χ0v) is 18.7. The van der Waals surface area contributed by atoms with Gasteiger partial charge in [-0.05, 0) is 78.7 Å². The third-order valence-electron chi connectivity index (χ3n) is 5.14. The van der Waals surface area contributed by atoms with Gasteiger partial charge in [-0.25, -0.2) is 4.98 Å².